The summed E-state index contributed by atoms with van der Waals surface area (Å²) in [5.41, 5.74) is 3.45. The zero-order chi connectivity index (χ0) is 20.0. The van der Waals surface area contributed by atoms with Gasteiger partial charge in [0.15, 0.2) is 6.10 Å². The van der Waals surface area contributed by atoms with Crippen LogP contribution in [0.25, 0.3) is 6.08 Å². The second-order valence-corrected chi connectivity index (χ2v) is 6.85. The lowest BCUT2D eigenvalue weighted by atomic mass is 10.1. The average Bonchev–Trinajstić information content (AvgIpc) is 2.64. The summed E-state index contributed by atoms with van der Waals surface area (Å²) in [6.07, 6.45) is 2.65. The first-order valence-corrected chi connectivity index (χ1v) is 9.30. The van der Waals surface area contributed by atoms with Gasteiger partial charge in [-0.3, -0.25) is 4.79 Å². The molecule has 2 aromatic carbocycles. The lowest BCUT2D eigenvalue weighted by molar-refractivity contribution is -0.148. The standard InChI is InChI=1S/C21H21Cl2NO3/c1-4-16-7-5-6-13(2)20(16)24-21(26)14(3)27-19(25)11-9-15-8-10-17(22)18(23)12-15/h5-12,14H,4H2,1-3H3,(H,24,26)/t14-/m0/s1. The molecule has 0 heterocycles. The van der Waals surface area contributed by atoms with Crippen molar-refractivity contribution in [1.82, 2.24) is 0 Å². The highest BCUT2D eigenvalue weighted by Crippen LogP contribution is 2.23. The van der Waals surface area contributed by atoms with Gasteiger partial charge in [0.2, 0.25) is 0 Å². The smallest absolute Gasteiger partial charge is 0.331 e. The Balaban J connectivity index is 1.98. The Bertz CT molecular complexity index is 878. The molecule has 0 saturated carbocycles. The molecule has 2 rings (SSSR count). The Morgan fingerprint density at radius 1 is 1.19 bits per heavy atom. The van der Waals surface area contributed by atoms with Crippen LogP contribution in [0.3, 0.4) is 0 Å². The van der Waals surface area contributed by atoms with Gasteiger partial charge < -0.3 is 10.1 Å². The number of anilines is 1. The largest absolute Gasteiger partial charge is 0.449 e. The van der Waals surface area contributed by atoms with Crippen molar-refractivity contribution < 1.29 is 14.3 Å². The van der Waals surface area contributed by atoms with Crippen LogP contribution in [0, 0.1) is 6.92 Å². The van der Waals surface area contributed by atoms with Gasteiger partial charge >= 0.3 is 5.97 Å². The van der Waals surface area contributed by atoms with E-state index in [1.165, 1.54) is 13.0 Å². The fraction of sp³-hybridized carbons (Fsp3) is 0.238. The topological polar surface area (TPSA) is 55.4 Å². The SMILES string of the molecule is CCc1cccc(C)c1NC(=O)[C@H](C)OC(=O)C=Cc1ccc(Cl)c(Cl)c1. The van der Waals surface area contributed by atoms with Crippen LogP contribution in [-0.4, -0.2) is 18.0 Å². The predicted octanol–water partition coefficient (Wildman–Crippen LogP) is 5.45. The number of esters is 1. The number of para-hydroxylation sites is 1. The summed E-state index contributed by atoms with van der Waals surface area (Å²) < 4.78 is 5.18. The number of carbonyl (C=O) groups excluding carboxylic acids is 2. The van der Waals surface area contributed by atoms with E-state index in [1.807, 2.05) is 32.0 Å². The molecular formula is C21H21Cl2NO3. The summed E-state index contributed by atoms with van der Waals surface area (Å²) in [5, 5.41) is 3.68. The van der Waals surface area contributed by atoms with Crippen molar-refractivity contribution in [2.24, 2.45) is 0 Å². The Kier molecular flexibility index (Phi) is 7.45. The molecule has 6 heteroatoms. The highest BCUT2D eigenvalue weighted by Gasteiger charge is 2.18. The number of rotatable bonds is 6. The molecule has 2 aromatic rings. The summed E-state index contributed by atoms with van der Waals surface area (Å²) in [7, 11) is 0. The molecule has 0 bridgehead atoms. The van der Waals surface area contributed by atoms with E-state index < -0.39 is 12.1 Å². The molecule has 0 radical (unpaired) electrons. The number of amides is 1. The van der Waals surface area contributed by atoms with Crippen LogP contribution in [0.15, 0.2) is 42.5 Å². The summed E-state index contributed by atoms with van der Waals surface area (Å²) in [5.74, 6) is -1.00. The van der Waals surface area contributed by atoms with Gasteiger partial charge in [0.05, 0.1) is 10.0 Å². The van der Waals surface area contributed by atoms with Crippen molar-refractivity contribution in [3.8, 4) is 0 Å². The Labute approximate surface area is 169 Å². The maximum atomic E-state index is 12.4. The molecular weight excluding hydrogens is 385 g/mol. The lowest BCUT2D eigenvalue weighted by Gasteiger charge is -2.16. The molecule has 0 aliphatic rings. The molecule has 142 valence electrons. The number of carbonyl (C=O) groups is 2. The first kappa shape index (κ1) is 21.0. The summed E-state index contributed by atoms with van der Waals surface area (Å²) in [4.78, 5) is 24.4. The van der Waals surface area contributed by atoms with Crippen LogP contribution in [0.4, 0.5) is 5.69 Å². The van der Waals surface area contributed by atoms with Gasteiger partial charge in [0, 0.05) is 11.8 Å². The van der Waals surface area contributed by atoms with Crippen molar-refractivity contribution in [1.29, 1.82) is 0 Å². The van der Waals surface area contributed by atoms with Crippen LogP contribution in [0.1, 0.15) is 30.5 Å². The fourth-order valence-corrected chi connectivity index (χ4v) is 2.78. The molecule has 0 fully saturated rings. The molecule has 27 heavy (non-hydrogen) atoms. The van der Waals surface area contributed by atoms with Crippen LogP contribution in [0.2, 0.25) is 10.0 Å². The van der Waals surface area contributed by atoms with Crippen LogP contribution < -0.4 is 5.32 Å². The Hall–Kier alpha value is -2.30. The Morgan fingerprint density at radius 3 is 2.59 bits per heavy atom. The van der Waals surface area contributed by atoms with E-state index in [9.17, 15) is 9.59 Å². The molecule has 0 aliphatic heterocycles. The van der Waals surface area contributed by atoms with Crippen molar-refractivity contribution in [3.63, 3.8) is 0 Å². The van der Waals surface area contributed by atoms with E-state index in [1.54, 1.807) is 24.3 Å². The van der Waals surface area contributed by atoms with Gasteiger partial charge in [-0.15, -0.1) is 0 Å². The van der Waals surface area contributed by atoms with E-state index in [4.69, 9.17) is 27.9 Å². The van der Waals surface area contributed by atoms with Crippen LogP contribution in [-0.2, 0) is 20.7 Å². The van der Waals surface area contributed by atoms with Crippen molar-refractivity contribution in [2.75, 3.05) is 5.32 Å². The van der Waals surface area contributed by atoms with Gasteiger partial charge in [-0.1, -0.05) is 54.4 Å². The first-order chi connectivity index (χ1) is 12.8. The molecule has 0 spiro atoms. The summed E-state index contributed by atoms with van der Waals surface area (Å²) in [6.45, 7) is 5.47. The molecule has 1 atom stereocenters. The molecule has 4 nitrogen and oxygen atoms in total. The molecule has 0 unspecified atom stereocenters. The number of aryl methyl sites for hydroxylation is 2. The lowest BCUT2D eigenvalue weighted by Crippen LogP contribution is -2.30. The number of halogens is 2. The highest BCUT2D eigenvalue weighted by molar-refractivity contribution is 6.42. The molecule has 0 aliphatic carbocycles. The van der Waals surface area contributed by atoms with E-state index in [0.717, 1.165) is 23.2 Å². The second kappa shape index (κ2) is 9.58. The van der Waals surface area contributed by atoms with Crippen molar-refractivity contribution >= 4 is 46.8 Å². The van der Waals surface area contributed by atoms with Crippen LogP contribution >= 0.6 is 23.2 Å². The van der Waals surface area contributed by atoms with E-state index in [0.29, 0.717) is 15.6 Å². The zero-order valence-electron chi connectivity index (χ0n) is 15.4. The highest BCUT2D eigenvalue weighted by atomic mass is 35.5. The van der Waals surface area contributed by atoms with Crippen LogP contribution in [0.5, 0.6) is 0 Å². The third-order valence-electron chi connectivity index (χ3n) is 4.01. The average molecular weight is 406 g/mol. The number of ether oxygens (including phenoxy) is 1. The molecule has 0 saturated heterocycles. The Morgan fingerprint density at radius 2 is 1.93 bits per heavy atom. The minimum atomic E-state index is -0.930. The third kappa shape index (κ3) is 5.84. The maximum absolute atomic E-state index is 12.4. The molecule has 1 amide bonds. The van der Waals surface area contributed by atoms with Gasteiger partial charge in [-0.25, -0.2) is 4.79 Å². The number of benzene rings is 2. The van der Waals surface area contributed by atoms with E-state index >= 15 is 0 Å². The first-order valence-electron chi connectivity index (χ1n) is 8.55. The third-order valence-corrected chi connectivity index (χ3v) is 4.74. The van der Waals surface area contributed by atoms with Gasteiger partial charge in [-0.2, -0.15) is 0 Å². The zero-order valence-corrected chi connectivity index (χ0v) is 16.9. The fourth-order valence-electron chi connectivity index (χ4n) is 2.47. The van der Waals surface area contributed by atoms with Gasteiger partial charge in [0.25, 0.3) is 5.91 Å². The number of hydrogen-bond donors (Lipinski definition) is 1. The second-order valence-electron chi connectivity index (χ2n) is 6.04. The molecule has 0 aromatic heterocycles. The van der Waals surface area contributed by atoms with Crippen molar-refractivity contribution in [2.45, 2.75) is 33.3 Å². The maximum Gasteiger partial charge on any atom is 0.331 e. The number of hydrogen-bond acceptors (Lipinski definition) is 3. The predicted molar refractivity (Wildman–Crippen MR) is 110 cm³/mol. The molecule has 1 N–H and O–H groups in total. The van der Waals surface area contributed by atoms with Crippen molar-refractivity contribution in [3.05, 3.63) is 69.2 Å². The normalized spacial score (nSPS) is 12.0. The monoisotopic (exact) mass is 405 g/mol. The summed E-state index contributed by atoms with van der Waals surface area (Å²) >= 11 is 11.8. The minimum absolute atomic E-state index is 0.379. The van der Waals surface area contributed by atoms with E-state index in [2.05, 4.69) is 5.32 Å². The quantitative estimate of drug-likeness (QED) is 0.513. The van der Waals surface area contributed by atoms with E-state index in [-0.39, 0.29) is 5.91 Å². The number of nitrogens with one attached hydrogen (secondary N) is 1. The summed E-state index contributed by atoms with van der Waals surface area (Å²) in [6, 6.07) is 10.8. The minimum Gasteiger partial charge on any atom is -0.449 e. The van der Waals surface area contributed by atoms with Gasteiger partial charge in [-0.05, 0) is 55.2 Å². The van der Waals surface area contributed by atoms with Gasteiger partial charge in [0.1, 0.15) is 0 Å².